The number of nitrogens with zero attached hydrogens (tertiary/aromatic N) is 1. The molecular formula is C61H45NO. The standard InChI is InChI=1S/C61H45NO/c1-4-16-41(17-5-1)43-30-35-48(36-31-43)62(49-37-32-44(33-38-49)42-18-6-2-7-19-42)55-28-15-27-54-58-47(34-39-52(60(54)55)51-26-14-23-45-20-10-11-24-50(45)51)40-57-61(53-25-12-13-29-56(53)63-57)59(58)46-21-8-3-9-22-46/h1-33,35-38,40,52,55,60H,34,39H2. The summed E-state index contributed by atoms with van der Waals surface area (Å²) in [6, 6.07) is 77.7. The number of para-hydroxylation sites is 1. The van der Waals surface area contributed by atoms with Crippen molar-refractivity contribution >= 4 is 49.7 Å². The van der Waals surface area contributed by atoms with Gasteiger partial charge in [-0.05, 0) is 116 Å². The Hall–Kier alpha value is -7.68. The van der Waals surface area contributed by atoms with Gasteiger partial charge in [-0.1, -0.05) is 194 Å². The molecule has 0 saturated heterocycles. The summed E-state index contributed by atoms with van der Waals surface area (Å²) in [6.45, 7) is 0. The van der Waals surface area contributed by atoms with Gasteiger partial charge in [-0.15, -0.1) is 0 Å². The Balaban J connectivity index is 1.11. The van der Waals surface area contributed by atoms with Crippen molar-refractivity contribution in [2.24, 2.45) is 5.92 Å². The largest absolute Gasteiger partial charge is 0.456 e. The quantitative estimate of drug-likeness (QED) is 0.159. The van der Waals surface area contributed by atoms with Crippen LogP contribution < -0.4 is 4.90 Å². The Labute approximate surface area is 368 Å². The van der Waals surface area contributed by atoms with E-state index in [-0.39, 0.29) is 17.9 Å². The van der Waals surface area contributed by atoms with Crippen LogP contribution in [0.25, 0.3) is 71.7 Å². The molecule has 0 fully saturated rings. The maximum atomic E-state index is 6.74. The number of fused-ring (bicyclic) bond motifs is 7. The molecule has 2 heteroatoms. The van der Waals surface area contributed by atoms with Gasteiger partial charge in [0.1, 0.15) is 11.2 Å². The van der Waals surface area contributed by atoms with Crippen molar-refractivity contribution < 1.29 is 4.42 Å². The summed E-state index contributed by atoms with van der Waals surface area (Å²) in [7, 11) is 0. The molecule has 0 amide bonds. The molecule has 0 spiro atoms. The second kappa shape index (κ2) is 15.7. The maximum Gasteiger partial charge on any atom is 0.136 e. The van der Waals surface area contributed by atoms with Gasteiger partial charge in [0, 0.05) is 33.6 Å². The van der Waals surface area contributed by atoms with Crippen molar-refractivity contribution in [2.45, 2.75) is 24.8 Å². The Morgan fingerprint density at radius 1 is 0.460 bits per heavy atom. The molecule has 3 atom stereocenters. The van der Waals surface area contributed by atoms with Gasteiger partial charge < -0.3 is 9.32 Å². The average Bonchev–Trinajstić information content (AvgIpc) is 3.64. The third kappa shape index (κ3) is 6.49. The predicted molar refractivity (Wildman–Crippen MR) is 264 cm³/mol. The van der Waals surface area contributed by atoms with Crippen molar-refractivity contribution in [1.29, 1.82) is 0 Å². The first kappa shape index (κ1) is 37.1. The summed E-state index contributed by atoms with van der Waals surface area (Å²) in [5.74, 6) is 0.286. The first-order chi connectivity index (χ1) is 31.3. The summed E-state index contributed by atoms with van der Waals surface area (Å²) < 4.78 is 6.74. The molecule has 1 aromatic heterocycles. The SMILES string of the molecule is C1=CC(N(c2ccc(-c3ccccc3)cc2)c2ccc(-c3ccccc3)cc2)C2C(=C1)c1c(cc3oc4ccccc4c3c1-c1ccccc1)CCC2c1cccc2ccccc12. The molecule has 300 valence electrons. The molecule has 1 heterocycles. The van der Waals surface area contributed by atoms with Gasteiger partial charge in [0.2, 0.25) is 0 Å². The highest BCUT2D eigenvalue weighted by atomic mass is 16.3. The van der Waals surface area contributed by atoms with Crippen molar-refractivity contribution in [3.63, 3.8) is 0 Å². The van der Waals surface area contributed by atoms with E-state index in [1.807, 2.05) is 0 Å². The fraction of sp³-hybridized carbons (Fsp3) is 0.0820. The molecule has 2 aliphatic rings. The third-order valence-electron chi connectivity index (χ3n) is 13.6. The van der Waals surface area contributed by atoms with Crippen LogP contribution in [0.15, 0.2) is 235 Å². The van der Waals surface area contributed by atoms with Crippen LogP contribution in [0.3, 0.4) is 0 Å². The minimum absolute atomic E-state index is 0.0227. The van der Waals surface area contributed by atoms with Crippen LogP contribution in [0.1, 0.15) is 29.0 Å². The number of hydrogen-bond donors (Lipinski definition) is 0. The lowest BCUT2D eigenvalue weighted by Gasteiger charge is -2.43. The van der Waals surface area contributed by atoms with Gasteiger partial charge in [-0.2, -0.15) is 0 Å². The fourth-order valence-electron chi connectivity index (χ4n) is 10.8. The van der Waals surface area contributed by atoms with Crippen LogP contribution >= 0.6 is 0 Å². The number of allylic oxidation sites excluding steroid dienone is 2. The highest BCUT2D eigenvalue weighted by Crippen LogP contribution is 2.54. The third-order valence-corrected chi connectivity index (χ3v) is 13.6. The zero-order valence-electron chi connectivity index (χ0n) is 34.9. The second-order valence-electron chi connectivity index (χ2n) is 17.1. The van der Waals surface area contributed by atoms with Crippen LogP contribution in [0.5, 0.6) is 0 Å². The summed E-state index contributed by atoms with van der Waals surface area (Å²) in [6.07, 6.45) is 9.16. The van der Waals surface area contributed by atoms with E-state index in [9.17, 15) is 0 Å². The molecule has 0 radical (unpaired) electrons. The number of furan rings is 1. The molecule has 9 aromatic carbocycles. The van der Waals surface area contributed by atoms with E-state index in [1.54, 1.807) is 0 Å². The monoisotopic (exact) mass is 807 g/mol. The minimum atomic E-state index is -0.0227. The minimum Gasteiger partial charge on any atom is -0.456 e. The Morgan fingerprint density at radius 2 is 1.02 bits per heavy atom. The lowest BCUT2D eigenvalue weighted by molar-refractivity contribution is 0.454. The normalized spacial score (nSPS) is 17.0. The molecule has 2 nitrogen and oxygen atoms in total. The first-order valence-corrected chi connectivity index (χ1v) is 22.3. The smallest absolute Gasteiger partial charge is 0.136 e. The van der Waals surface area contributed by atoms with Gasteiger partial charge in [-0.25, -0.2) is 0 Å². The van der Waals surface area contributed by atoms with Crippen molar-refractivity contribution in [2.75, 3.05) is 4.90 Å². The van der Waals surface area contributed by atoms with E-state index in [4.69, 9.17) is 4.42 Å². The average molecular weight is 808 g/mol. The van der Waals surface area contributed by atoms with E-state index < -0.39 is 0 Å². The molecule has 0 aliphatic heterocycles. The van der Waals surface area contributed by atoms with Crippen LogP contribution in [-0.4, -0.2) is 6.04 Å². The zero-order valence-corrected chi connectivity index (χ0v) is 34.9. The molecule has 63 heavy (non-hydrogen) atoms. The van der Waals surface area contributed by atoms with Gasteiger partial charge in [0.05, 0.1) is 6.04 Å². The van der Waals surface area contributed by atoms with Crippen molar-refractivity contribution in [1.82, 2.24) is 0 Å². The van der Waals surface area contributed by atoms with Crippen LogP contribution in [0, 0.1) is 5.92 Å². The molecule has 3 unspecified atom stereocenters. The first-order valence-electron chi connectivity index (χ1n) is 22.3. The predicted octanol–water partition coefficient (Wildman–Crippen LogP) is 16.2. The lowest BCUT2D eigenvalue weighted by Crippen LogP contribution is -2.40. The van der Waals surface area contributed by atoms with E-state index in [2.05, 4.69) is 235 Å². The number of anilines is 2. The number of rotatable bonds is 7. The highest BCUT2D eigenvalue weighted by molar-refractivity contribution is 6.15. The van der Waals surface area contributed by atoms with Crippen molar-refractivity contribution in [3.05, 3.63) is 247 Å². The lowest BCUT2D eigenvalue weighted by atomic mass is 9.70. The molecular weight excluding hydrogens is 763 g/mol. The number of hydrogen-bond acceptors (Lipinski definition) is 2. The summed E-state index contributed by atoms with van der Waals surface area (Å²) in [4.78, 5) is 2.62. The van der Waals surface area contributed by atoms with Crippen LogP contribution in [-0.2, 0) is 6.42 Å². The Morgan fingerprint density at radius 3 is 1.68 bits per heavy atom. The number of benzene rings is 9. The summed E-state index contributed by atoms with van der Waals surface area (Å²) in [5.41, 5.74) is 17.0. The fourth-order valence-corrected chi connectivity index (χ4v) is 10.8. The number of aryl methyl sites for hydroxylation is 1. The molecule has 0 bridgehead atoms. The topological polar surface area (TPSA) is 16.4 Å². The van der Waals surface area contributed by atoms with Crippen LogP contribution in [0.4, 0.5) is 11.4 Å². The van der Waals surface area contributed by atoms with Gasteiger partial charge in [0.25, 0.3) is 0 Å². The van der Waals surface area contributed by atoms with E-state index in [1.165, 1.54) is 83.2 Å². The molecule has 10 aromatic rings. The van der Waals surface area contributed by atoms with Gasteiger partial charge >= 0.3 is 0 Å². The van der Waals surface area contributed by atoms with Crippen molar-refractivity contribution in [3.8, 4) is 33.4 Å². The zero-order chi connectivity index (χ0) is 41.7. The van der Waals surface area contributed by atoms with Crippen LogP contribution in [0.2, 0.25) is 0 Å². The molecule has 0 N–H and O–H groups in total. The van der Waals surface area contributed by atoms with E-state index in [0.717, 1.165) is 29.4 Å². The van der Waals surface area contributed by atoms with Gasteiger partial charge in [0.15, 0.2) is 0 Å². The van der Waals surface area contributed by atoms with E-state index in [0.29, 0.717) is 0 Å². The summed E-state index contributed by atoms with van der Waals surface area (Å²) in [5, 5.41) is 4.96. The summed E-state index contributed by atoms with van der Waals surface area (Å²) >= 11 is 0. The van der Waals surface area contributed by atoms with E-state index >= 15 is 0 Å². The maximum absolute atomic E-state index is 6.74. The van der Waals surface area contributed by atoms with Gasteiger partial charge in [-0.3, -0.25) is 0 Å². The molecule has 12 rings (SSSR count). The molecule has 0 saturated carbocycles. The Bertz CT molecular complexity index is 3240. The second-order valence-corrected chi connectivity index (χ2v) is 17.1. The molecule has 2 aliphatic carbocycles. The highest BCUT2D eigenvalue weighted by Gasteiger charge is 2.42. The Kier molecular flexibility index (Phi) is 9.22.